The Morgan fingerprint density at radius 3 is 1.90 bits per heavy atom. The summed E-state index contributed by atoms with van der Waals surface area (Å²) in [5, 5.41) is -6.15. The number of hydrogen-bond acceptors (Lipinski definition) is 7. The van der Waals surface area contributed by atoms with Gasteiger partial charge in [-0.05, 0) is 6.92 Å². The van der Waals surface area contributed by atoms with Crippen molar-refractivity contribution in [1.29, 1.82) is 0 Å². The first-order valence-electron chi connectivity index (χ1n) is 6.95. The first kappa shape index (κ1) is 27.0. The van der Waals surface area contributed by atoms with E-state index in [4.69, 9.17) is 4.55 Å². The van der Waals surface area contributed by atoms with Crippen LogP contribution in [0.15, 0.2) is 12.4 Å². The van der Waals surface area contributed by atoms with Crippen LogP contribution in [-0.4, -0.2) is 61.3 Å². The highest BCUT2D eigenvalue weighted by molar-refractivity contribution is 7.87. The van der Waals surface area contributed by atoms with Crippen LogP contribution in [0.1, 0.15) is 13.3 Å². The molecule has 0 saturated heterocycles. The molecule has 0 aliphatic rings. The summed E-state index contributed by atoms with van der Waals surface area (Å²) in [5.41, 5.74) is 0. The molecule has 0 aromatic rings. The molecule has 0 fully saturated rings. The molecule has 1 unspecified atom stereocenters. The summed E-state index contributed by atoms with van der Waals surface area (Å²) in [5.74, 6) is -17.9. The van der Waals surface area contributed by atoms with E-state index in [1.165, 1.54) is 0 Å². The lowest BCUT2D eigenvalue weighted by Crippen LogP contribution is -2.59. The van der Waals surface area contributed by atoms with Gasteiger partial charge in [-0.15, -0.1) is 0 Å². The minimum Gasteiger partial charge on any atom is -0.461 e. The van der Waals surface area contributed by atoms with E-state index in [1.807, 2.05) is 0 Å². The minimum atomic E-state index is -6.71. The molecule has 1 atom stereocenters. The minimum absolute atomic E-state index is 0.814. The SMILES string of the molecule is C=C(F)C(=O)OC(OCCC(F)(F)C(F)(F)S(=O)(=O)O)(C(=O)OCC)C(F)(F)F. The summed E-state index contributed by atoms with van der Waals surface area (Å²) < 4.78 is 145. The Hall–Kier alpha value is -2.01. The number of carbonyl (C=O) groups excluding carboxylic acids is 2. The highest BCUT2D eigenvalue weighted by Gasteiger charge is 2.69. The van der Waals surface area contributed by atoms with Crippen LogP contribution in [0.5, 0.6) is 0 Å². The number of hydrogen-bond donors (Lipinski definition) is 1. The highest BCUT2D eigenvalue weighted by atomic mass is 32.2. The number of ether oxygens (including phenoxy) is 3. The fraction of sp³-hybridized carbons (Fsp3) is 0.667. The van der Waals surface area contributed by atoms with Crippen molar-refractivity contribution in [2.45, 2.75) is 36.5 Å². The lowest BCUT2D eigenvalue weighted by molar-refractivity contribution is -0.357. The van der Waals surface area contributed by atoms with Crippen LogP contribution in [0.25, 0.3) is 0 Å². The molecule has 8 nitrogen and oxygen atoms in total. The molecule has 1 N–H and O–H groups in total. The third-order valence-corrected chi connectivity index (χ3v) is 3.79. The van der Waals surface area contributed by atoms with Gasteiger partial charge in [0.05, 0.1) is 13.2 Å². The molecule has 0 amide bonds. The summed E-state index contributed by atoms with van der Waals surface area (Å²) in [6, 6.07) is 0. The molecule has 0 aromatic carbocycles. The van der Waals surface area contributed by atoms with Crippen molar-refractivity contribution < 1.29 is 71.9 Å². The molecule has 0 aromatic heterocycles. The van der Waals surface area contributed by atoms with Gasteiger partial charge in [-0.2, -0.15) is 43.5 Å². The van der Waals surface area contributed by atoms with Crippen molar-refractivity contribution in [3.05, 3.63) is 12.4 Å². The van der Waals surface area contributed by atoms with Gasteiger partial charge in [-0.25, -0.2) is 9.59 Å². The third kappa shape index (κ3) is 5.75. The van der Waals surface area contributed by atoms with Gasteiger partial charge in [0.15, 0.2) is 0 Å². The van der Waals surface area contributed by atoms with Crippen LogP contribution >= 0.6 is 0 Å². The van der Waals surface area contributed by atoms with E-state index in [1.54, 1.807) is 0 Å². The summed E-state index contributed by atoms with van der Waals surface area (Å²) in [6.07, 6.45) is -8.64. The van der Waals surface area contributed by atoms with Crippen LogP contribution in [0.2, 0.25) is 0 Å². The third-order valence-electron chi connectivity index (χ3n) is 2.85. The molecule has 17 heteroatoms. The number of rotatable bonds is 10. The van der Waals surface area contributed by atoms with E-state index in [-0.39, 0.29) is 0 Å². The van der Waals surface area contributed by atoms with Crippen molar-refractivity contribution in [2.75, 3.05) is 13.2 Å². The van der Waals surface area contributed by atoms with Crippen LogP contribution in [-0.2, 0) is 33.9 Å². The normalized spacial score (nSPS) is 15.4. The number of halogens is 8. The molecule has 0 bridgehead atoms. The second-order valence-corrected chi connectivity index (χ2v) is 6.39. The molecule has 0 radical (unpaired) electrons. The molecule has 0 aliphatic carbocycles. The lowest BCUT2D eigenvalue weighted by atomic mass is 10.2. The van der Waals surface area contributed by atoms with Gasteiger partial charge < -0.3 is 14.2 Å². The van der Waals surface area contributed by atoms with E-state index in [2.05, 4.69) is 20.8 Å². The molecular weight excluding hydrogens is 456 g/mol. The summed E-state index contributed by atoms with van der Waals surface area (Å²) in [7, 11) is -6.71. The Balaban J connectivity index is 5.93. The van der Waals surface area contributed by atoms with E-state index >= 15 is 0 Å². The quantitative estimate of drug-likeness (QED) is 0.171. The molecule has 0 heterocycles. The average molecular weight is 468 g/mol. The zero-order valence-electron chi connectivity index (χ0n) is 14.1. The van der Waals surface area contributed by atoms with Gasteiger partial charge in [0, 0.05) is 6.42 Å². The van der Waals surface area contributed by atoms with E-state index in [0.717, 1.165) is 6.92 Å². The molecule has 0 saturated carbocycles. The van der Waals surface area contributed by atoms with Crippen molar-refractivity contribution in [3.8, 4) is 0 Å². The Morgan fingerprint density at radius 2 is 1.55 bits per heavy atom. The molecule has 0 spiro atoms. The Labute approximate surface area is 157 Å². The Morgan fingerprint density at radius 1 is 1.07 bits per heavy atom. The second kappa shape index (κ2) is 8.78. The molecule has 170 valence electrons. The first-order valence-corrected chi connectivity index (χ1v) is 8.39. The van der Waals surface area contributed by atoms with Crippen molar-refractivity contribution in [2.24, 2.45) is 0 Å². The van der Waals surface area contributed by atoms with Crippen molar-refractivity contribution >= 4 is 22.1 Å². The van der Waals surface area contributed by atoms with Gasteiger partial charge in [-0.3, -0.25) is 4.55 Å². The second-order valence-electron chi connectivity index (χ2n) is 4.92. The van der Waals surface area contributed by atoms with E-state index < -0.39 is 70.7 Å². The number of esters is 2. The first-order chi connectivity index (χ1) is 12.8. The molecule has 29 heavy (non-hydrogen) atoms. The predicted molar refractivity (Wildman–Crippen MR) is 73.8 cm³/mol. The Kier molecular flexibility index (Phi) is 8.17. The van der Waals surface area contributed by atoms with Gasteiger partial charge >= 0.3 is 45.2 Å². The topological polar surface area (TPSA) is 116 Å². The number of alkyl halides is 7. The molecule has 0 rings (SSSR count). The van der Waals surface area contributed by atoms with Gasteiger partial charge in [0.2, 0.25) is 5.83 Å². The van der Waals surface area contributed by atoms with Gasteiger partial charge in [0.25, 0.3) is 0 Å². The van der Waals surface area contributed by atoms with Crippen molar-refractivity contribution in [3.63, 3.8) is 0 Å². The van der Waals surface area contributed by atoms with E-state index in [9.17, 15) is 53.1 Å². The smallest absolute Gasteiger partial charge is 0.461 e. The largest absolute Gasteiger partial charge is 0.468 e. The summed E-state index contributed by atoms with van der Waals surface area (Å²) in [6.45, 7) is 0.209. The zero-order valence-corrected chi connectivity index (χ0v) is 14.9. The standard InChI is InChI=1S/C12H12F8O8S/c1-3-26-8(22)10(11(16,17)18,28-7(21)6(2)13)27-5-4-9(14,15)12(19,20)29(23,24)25/h2-5H2,1H3,(H,23,24,25). The van der Waals surface area contributed by atoms with Crippen LogP contribution in [0.4, 0.5) is 35.1 Å². The predicted octanol–water partition coefficient (Wildman–Crippen LogP) is 2.36. The fourth-order valence-electron chi connectivity index (χ4n) is 1.45. The maximum Gasteiger partial charge on any atom is 0.468 e. The van der Waals surface area contributed by atoms with Gasteiger partial charge in [0.1, 0.15) is 0 Å². The van der Waals surface area contributed by atoms with Crippen LogP contribution < -0.4 is 0 Å². The van der Waals surface area contributed by atoms with E-state index in [0.29, 0.717) is 0 Å². The maximum absolute atomic E-state index is 13.4. The molecular formula is C12H12F8O8S. The van der Waals surface area contributed by atoms with Crippen LogP contribution in [0.3, 0.4) is 0 Å². The zero-order chi connectivity index (χ0) is 23.5. The maximum atomic E-state index is 13.4. The monoisotopic (exact) mass is 468 g/mol. The highest BCUT2D eigenvalue weighted by Crippen LogP contribution is 2.42. The molecule has 0 aliphatic heterocycles. The van der Waals surface area contributed by atoms with Crippen LogP contribution in [0, 0.1) is 0 Å². The fourth-order valence-corrected chi connectivity index (χ4v) is 1.93. The van der Waals surface area contributed by atoms with Gasteiger partial charge in [-0.1, -0.05) is 6.58 Å². The average Bonchev–Trinajstić information content (AvgIpc) is 2.51. The Bertz CT molecular complexity index is 747. The summed E-state index contributed by atoms with van der Waals surface area (Å²) >= 11 is 0. The van der Waals surface area contributed by atoms with Crippen molar-refractivity contribution in [1.82, 2.24) is 0 Å². The number of carbonyl (C=O) groups is 2. The lowest BCUT2D eigenvalue weighted by Gasteiger charge is -2.32. The summed E-state index contributed by atoms with van der Waals surface area (Å²) in [4.78, 5) is 22.7.